The highest BCUT2D eigenvalue weighted by Crippen LogP contribution is 2.16. The zero-order valence-corrected chi connectivity index (χ0v) is 10.6. The predicted molar refractivity (Wildman–Crippen MR) is 73.6 cm³/mol. The smallest absolute Gasteiger partial charge is 0.0845 e. The first-order chi connectivity index (χ1) is 8.83. The second kappa shape index (κ2) is 5.12. The third-order valence-corrected chi connectivity index (χ3v) is 3.76. The van der Waals surface area contributed by atoms with Crippen LogP contribution in [0, 0.1) is 0 Å². The molecule has 1 aromatic carbocycles. The van der Waals surface area contributed by atoms with Crippen molar-refractivity contribution in [3.8, 4) is 0 Å². The number of hydrogen-bond acceptors (Lipinski definition) is 2. The van der Waals surface area contributed by atoms with Gasteiger partial charge in [-0.15, -0.1) is 0 Å². The van der Waals surface area contributed by atoms with Crippen LogP contribution in [0.25, 0.3) is 10.9 Å². The summed E-state index contributed by atoms with van der Waals surface area (Å²) >= 11 is 0. The molecule has 3 rings (SSSR count). The summed E-state index contributed by atoms with van der Waals surface area (Å²) in [5, 5.41) is 11.4. The monoisotopic (exact) mass is 244 g/mol. The number of aliphatic hydroxyl groups is 1. The average molecular weight is 244 g/mol. The minimum absolute atomic E-state index is 0.279. The van der Waals surface area contributed by atoms with E-state index in [1.54, 1.807) is 0 Å². The fourth-order valence-electron chi connectivity index (χ4n) is 2.85. The summed E-state index contributed by atoms with van der Waals surface area (Å²) in [7, 11) is 0. The molecule has 0 spiro atoms. The summed E-state index contributed by atoms with van der Waals surface area (Å²) in [6.07, 6.45) is 4.34. The third kappa shape index (κ3) is 2.42. The molecule has 2 heterocycles. The van der Waals surface area contributed by atoms with Crippen molar-refractivity contribution in [3.05, 3.63) is 36.5 Å². The van der Waals surface area contributed by atoms with Crippen molar-refractivity contribution in [2.45, 2.75) is 25.5 Å². The lowest BCUT2D eigenvalue weighted by Crippen LogP contribution is -2.32. The topological polar surface area (TPSA) is 28.4 Å². The Kier molecular flexibility index (Phi) is 3.35. The second-order valence-electron chi connectivity index (χ2n) is 5.19. The summed E-state index contributed by atoms with van der Waals surface area (Å²) < 4.78 is 2.15. The summed E-state index contributed by atoms with van der Waals surface area (Å²) in [5.74, 6) is 0. The molecule has 1 saturated heterocycles. The molecule has 0 saturated carbocycles. The second-order valence-corrected chi connectivity index (χ2v) is 5.19. The minimum atomic E-state index is -0.279. The van der Waals surface area contributed by atoms with Crippen molar-refractivity contribution >= 4 is 10.9 Å². The van der Waals surface area contributed by atoms with E-state index in [1.165, 1.54) is 23.7 Å². The first-order valence-corrected chi connectivity index (χ1v) is 6.77. The Hall–Kier alpha value is -1.32. The maximum Gasteiger partial charge on any atom is 0.0845 e. The number of benzene rings is 1. The van der Waals surface area contributed by atoms with Gasteiger partial charge in [0.25, 0.3) is 0 Å². The van der Waals surface area contributed by atoms with E-state index in [2.05, 4.69) is 33.9 Å². The lowest BCUT2D eigenvalue weighted by atomic mass is 10.2. The van der Waals surface area contributed by atoms with Crippen molar-refractivity contribution in [1.29, 1.82) is 0 Å². The molecule has 3 nitrogen and oxygen atoms in total. The van der Waals surface area contributed by atoms with Crippen LogP contribution in [0.1, 0.15) is 12.8 Å². The van der Waals surface area contributed by atoms with Gasteiger partial charge in [-0.3, -0.25) is 0 Å². The average Bonchev–Trinajstić information content (AvgIpc) is 3.00. The molecule has 3 heteroatoms. The zero-order valence-electron chi connectivity index (χ0n) is 10.6. The van der Waals surface area contributed by atoms with Crippen LogP contribution in [0.4, 0.5) is 0 Å². The van der Waals surface area contributed by atoms with E-state index in [0.717, 1.165) is 19.6 Å². The van der Waals surface area contributed by atoms with E-state index in [9.17, 15) is 5.11 Å². The number of aromatic nitrogens is 1. The van der Waals surface area contributed by atoms with Gasteiger partial charge in [0.1, 0.15) is 0 Å². The number of para-hydroxylation sites is 1. The summed E-state index contributed by atoms with van der Waals surface area (Å²) in [6.45, 7) is 3.77. The maximum absolute atomic E-state index is 10.2. The number of fused-ring (bicyclic) bond motifs is 1. The van der Waals surface area contributed by atoms with E-state index in [1.807, 2.05) is 12.1 Å². The number of likely N-dealkylation sites (tertiary alicyclic amines) is 1. The molecular formula is C15H20N2O. The minimum Gasteiger partial charge on any atom is -0.390 e. The van der Waals surface area contributed by atoms with Gasteiger partial charge in [0.15, 0.2) is 0 Å². The van der Waals surface area contributed by atoms with Crippen LogP contribution in [-0.2, 0) is 6.54 Å². The molecule has 1 aliphatic rings. The first kappa shape index (κ1) is 11.8. The SMILES string of the molecule is O[C@@H](CN1CCCC1)Cn1ccc2ccccc21. The van der Waals surface area contributed by atoms with Crippen LogP contribution >= 0.6 is 0 Å². The number of aliphatic hydroxyl groups excluding tert-OH is 1. The maximum atomic E-state index is 10.2. The lowest BCUT2D eigenvalue weighted by Gasteiger charge is -2.20. The standard InChI is InChI=1S/C15H20N2O/c18-14(11-16-8-3-4-9-16)12-17-10-7-13-5-1-2-6-15(13)17/h1-2,5-7,10,14,18H,3-4,8-9,11-12H2/t14-/m0/s1. The molecule has 18 heavy (non-hydrogen) atoms. The molecule has 1 fully saturated rings. The molecule has 1 aliphatic heterocycles. The summed E-state index contributed by atoms with van der Waals surface area (Å²) in [6, 6.07) is 10.4. The molecule has 2 aromatic rings. The molecule has 1 aromatic heterocycles. The van der Waals surface area contributed by atoms with E-state index in [4.69, 9.17) is 0 Å². The van der Waals surface area contributed by atoms with Crippen molar-refractivity contribution in [3.63, 3.8) is 0 Å². The van der Waals surface area contributed by atoms with Crippen LogP contribution in [0.5, 0.6) is 0 Å². The Morgan fingerprint density at radius 1 is 1.06 bits per heavy atom. The Labute approximate surface area is 108 Å². The summed E-state index contributed by atoms with van der Waals surface area (Å²) in [5.41, 5.74) is 1.21. The molecule has 0 aliphatic carbocycles. The Morgan fingerprint density at radius 2 is 1.83 bits per heavy atom. The van der Waals surface area contributed by atoms with Gasteiger partial charge in [0.2, 0.25) is 0 Å². The Morgan fingerprint density at radius 3 is 2.67 bits per heavy atom. The van der Waals surface area contributed by atoms with Crippen LogP contribution in [-0.4, -0.2) is 40.3 Å². The molecule has 0 radical (unpaired) electrons. The van der Waals surface area contributed by atoms with E-state index >= 15 is 0 Å². The highest BCUT2D eigenvalue weighted by molar-refractivity contribution is 5.79. The van der Waals surface area contributed by atoms with Gasteiger partial charge in [0, 0.05) is 24.8 Å². The highest BCUT2D eigenvalue weighted by Gasteiger charge is 2.16. The largest absolute Gasteiger partial charge is 0.390 e. The normalized spacial score (nSPS) is 18.5. The fraction of sp³-hybridized carbons (Fsp3) is 0.467. The molecule has 0 amide bonds. The molecule has 1 atom stereocenters. The Balaban J connectivity index is 1.67. The van der Waals surface area contributed by atoms with Gasteiger partial charge in [-0.25, -0.2) is 0 Å². The van der Waals surface area contributed by atoms with Crippen LogP contribution in [0.15, 0.2) is 36.5 Å². The first-order valence-electron chi connectivity index (χ1n) is 6.77. The van der Waals surface area contributed by atoms with Gasteiger partial charge < -0.3 is 14.6 Å². The predicted octanol–water partition coefficient (Wildman–Crippen LogP) is 2.10. The fourth-order valence-corrected chi connectivity index (χ4v) is 2.85. The molecule has 0 unspecified atom stereocenters. The van der Waals surface area contributed by atoms with Crippen molar-refractivity contribution in [1.82, 2.24) is 9.47 Å². The number of nitrogens with zero attached hydrogens (tertiary/aromatic N) is 2. The highest BCUT2D eigenvalue weighted by atomic mass is 16.3. The third-order valence-electron chi connectivity index (χ3n) is 3.76. The lowest BCUT2D eigenvalue weighted by molar-refractivity contribution is 0.110. The van der Waals surface area contributed by atoms with E-state index in [0.29, 0.717) is 6.54 Å². The van der Waals surface area contributed by atoms with Crippen molar-refractivity contribution in [2.75, 3.05) is 19.6 Å². The zero-order chi connectivity index (χ0) is 12.4. The van der Waals surface area contributed by atoms with Crippen LogP contribution < -0.4 is 0 Å². The van der Waals surface area contributed by atoms with Crippen LogP contribution in [0.2, 0.25) is 0 Å². The number of rotatable bonds is 4. The number of hydrogen-bond donors (Lipinski definition) is 1. The van der Waals surface area contributed by atoms with Crippen molar-refractivity contribution < 1.29 is 5.11 Å². The molecule has 96 valence electrons. The Bertz CT molecular complexity index is 514. The van der Waals surface area contributed by atoms with Gasteiger partial charge in [-0.2, -0.15) is 0 Å². The molecule has 0 bridgehead atoms. The van der Waals surface area contributed by atoms with Gasteiger partial charge >= 0.3 is 0 Å². The van der Waals surface area contributed by atoms with Gasteiger partial charge in [0.05, 0.1) is 6.10 Å². The summed E-state index contributed by atoms with van der Waals surface area (Å²) in [4.78, 5) is 2.36. The molecule has 1 N–H and O–H groups in total. The van der Waals surface area contributed by atoms with Gasteiger partial charge in [-0.1, -0.05) is 18.2 Å². The van der Waals surface area contributed by atoms with Crippen molar-refractivity contribution in [2.24, 2.45) is 0 Å². The van der Waals surface area contributed by atoms with Gasteiger partial charge in [-0.05, 0) is 43.5 Å². The molecular weight excluding hydrogens is 224 g/mol. The van der Waals surface area contributed by atoms with Crippen LogP contribution in [0.3, 0.4) is 0 Å². The van der Waals surface area contributed by atoms with E-state index in [-0.39, 0.29) is 6.10 Å². The number of β-amino-alcohol motifs (C(OH)–C–C–N with tert-alkyl or cyclic N) is 1. The quantitative estimate of drug-likeness (QED) is 0.892. The van der Waals surface area contributed by atoms with E-state index < -0.39 is 0 Å².